The molecule has 28 heavy (non-hydrogen) atoms. The molecule has 1 heterocycles. The van der Waals surface area contributed by atoms with Crippen LogP contribution >= 0.6 is 0 Å². The predicted molar refractivity (Wildman–Crippen MR) is 107 cm³/mol. The first-order chi connectivity index (χ1) is 13.6. The lowest BCUT2D eigenvalue weighted by molar-refractivity contribution is -0.132. The van der Waals surface area contributed by atoms with E-state index in [0.717, 1.165) is 6.42 Å². The lowest BCUT2D eigenvalue weighted by atomic mass is 9.88. The van der Waals surface area contributed by atoms with Crippen LogP contribution in [0.2, 0.25) is 0 Å². The second kappa shape index (κ2) is 9.08. The quantitative estimate of drug-likeness (QED) is 0.574. The van der Waals surface area contributed by atoms with Gasteiger partial charge in [-0.25, -0.2) is 4.79 Å². The van der Waals surface area contributed by atoms with Gasteiger partial charge in [-0.05, 0) is 24.0 Å². The molecule has 4 amide bonds. The standard InChI is InChI=1S/C22H23N3O3/c1-2-18(19-20(26)24-22(28)25-21(19)27)23-14-13-17(15-9-5-3-6-10-15)16-11-7-4-8-12-16/h3-12,17,19H,2,13-14H2,1H3,(H2,24,25,26,27,28). The highest BCUT2D eigenvalue weighted by Crippen LogP contribution is 2.28. The highest BCUT2D eigenvalue weighted by Gasteiger charge is 2.37. The number of aliphatic imine (C=N–C) groups is 1. The minimum absolute atomic E-state index is 0.167. The molecule has 1 aliphatic heterocycles. The van der Waals surface area contributed by atoms with Gasteiger partial charge >= 0.3 is 6.03 Å². The number of hydrogen-bond donors (Lipinski definition) is 2. The summed E-state index contributed by atoms with van der Waals surface area (Å²) < 4.78 is 0. The van der Waals surface area contributed by atoms with Gasteiger partial charge in [-0.1, -0.05) is 67.6 Å². The van der Waals surface area contributed by atoms with Crippen LogP contribution in [0.15, 0.2) is 65.7 Å². The van der Waals surface area contributed by atoms with Crippen LogP contribution in [0.5, 0.6) is 0 Å². The van der Waals surface area contributed by atoms with Crippen molar-refractivity contribution in [3.05, 3.63) is 71.8 Å². The Morgan fingerprint density at radius 2 is 1.39 bits per heavy atom. The molecule has 0 aliphatic carbocycles. The fraction of sp³-hybridized carbons (Fsp3) is 0.273. The lowest BCUT2D eigenvalue weighted by Gasteiger charge is -2.22. The zero-order chi connectivity index (χ0) is 19.9. The van der Waals surface area contributed by atoms with Crippen molar-refractivity contribution in [3.63, 3.8) is 0 Å². The molecule has 0 radical (unpaired) electrons. The highest BCUT2D eigenvalue weighted by atomic mass is 16.2. The normalized spacial score (nSPS) is 15.5. The Hall–Kier alpha value is -3.28. The van der Waals surface area contributed by atoms with Crippen LogP contribution in [0, 0.1) is 5.92 Å². The Kier molecular flexibility index (Phi) is 6.32. The van der Waals surface area contributed by atoms with Crippen molar-refractivity contribution in [1.29, 1.82) is 0 Å². The fourth-order valence-corrected chi connectivity index (χ4v) is 3.46. The molecule has 0 unspecified atom stereocenters. The van der Waals surface area contributed by atoms with Gasteiger partial charge in [-0.3, -0.25) is 25.2 Å². The molecule has 144 valence electrons. The van der Waals surface area contributed by atoms with Crippen molar-refractivity contribution in [2.24, 2.45) is 10.9 Å². The van der Waals surface area contributed by atoms with Crippen LogP contribution in [0.4, 0.5) is 4.79 Å². The maximum atomic E-state index is 12.1. The molecule has 2 N–H and O–H groups in total. The van der Waals surface area contributed by atoms with E-state index < -0.39 is 23.8 Å². The van der Waals surface area contributed by atoms with E-state index in [-0.39, 0.29) is 5.92 Å². The Morgan fingerprint density at radius 1 is 0.893 bits per heavy atom. The van der Waals surface area contributed by atoms with Crippen LogP contribution in [-0.4, -0.2) is 30.1 Å². The van der Waals surface area contributed by atoms with Crippen molar-refractivity contribution in [2.45, 2.75) is 25.7 Å². The summed E-state index contributed by atoms with van der Waals surface area (Å²) in [6.07, 6.45) is 1.20. The third kappa shape index (κ3) is 4.52. The van der Waals surface area contributed by atoms with Crippen molar-refractivity contribution in [1.82, 2.24) is 10.6 Å². The van der Waals surface area contributed by atoms with Crippen molar-refractivity contribution < 1.29 is 14.4 Å². The van der Waals surface area contributed by atoms with Crippen LogP contribution in [0.1, 0.15) is 36.8 Å². The Morgan fingerprint density at radius 3 is 1.86 bits per heavy atom. The zero-order valence-corrected chi connectivity index (χ0v) is 15.7. The highest BCUT2D eigenvalue weighted by molar-refractivity contribution is 6.27. The van der Waals surface area contributed by atoms with E-state index in [1.165, 1.54) is 11.1 Å². The lowest BCUT2D eigenvalue weighted by Crippen LogP contribution is -2.57. The van der Waals surface area contributed by atoms with E-state index in [2.05, 4.69) is 39.9 Å². The average molecular weight is 377 g/mol. The number of nitrogens with zero attached hydrogens (tertiary/aromatic N) is 1. The summed E-state index contributed by atoms with van der Waals surface area (Å²) in [6.45, 7) is 2.32. The molecule has 0 spiro atoms. The Bertz CT molecular complexity index is 819. The molecule has 6 nitrogen and oxygen atoms in total. The topological polar surface area (TPSA) is 87.6 Å². The van der Waals surface area contributed by atoms with Crippen molar-refractivity contribution in [2.75, 3.05) is 6.54 Å². The Labute approximate surface area is 164 Å². The molecule has 1 aliphatic rings. The summed E-state index contributed by atoms with van der Waals surface area (Å²) in [5.41, 5.74) is 2.88. The predicted octanol–water partition coefficient (Wildman–Crippen LogP) is 3.04. The van der Waals surface area contributed by atoms with E-state index in [1.54, 1.807) is 0 Å². The summed E-state index contributed by atoms with van der Waals surface area (Å²) in [7, 11) is 0. The average Bonchev–Trinajstić information content (AvgIpc) is 2.70. The number of rotatable bonds is 7. The van der Waals surface area contributed by atoms with Crippen molar-refractivity contribution >= 4 is 23.6 Å². The molecule has 0 bridgehead atoms. The second-order valence-electron chi connectivity index (χ2n) is 6.63. The number of nitrogens with one attached hydrogen (secondary N) is 2. The summed E-state index contributed by atoms with van der Waals surface area (Å²) >= 11 is 0. The van der Waals surface area contributed by atoms with E-state index >= 15 is 0 Å². The van der Waals surface area contributed by atoms with Crippen LogP contribution in [0.25, 0.3) is 0 Å². The number of carbonyl (C=O) groups is 3. The fourth-order valence-electron chi connectivity index (χ4n) is 3.46. The third-order valence-corrected chi connectivity index (χ3v) is 4.83. The molecule has 0 aromatic heterocycles. The first-order valence-electron chi connectivity index (χ1n) is 9.39. The summed E-state index contributed by atoms with van der Waals surface area (Å²) in [5.74, 6) is -2.11. The number of imide groups is 2. The molecule has 1 fully saturated rings. The van der Waals surface area contributed by atoms with E-state index in [9.17, 15) is 14.4 Å². The Balaban J connectivity index is 1.78. The van der Waals surface area contributed by atoms with Crippen molar-refractivity contribution in [3.8, 4) is 0 Å². The first kappa shape index (κ1) is 19.5. The largest absolute Gasteiger partial charge is 0.328 e. The molecule has 3 rings (SSSR count). The molecule has 1 saturated heterocycles. The molecular weight excluding hydrogens is 354 g/mol. The number of benzene rings is 2. The number of barbiturate groups is 1. The van der Waals surface area contributed by atoms with Crippen LogP contribution < -0.4 is 10.6 Å². The summed E-state index contributed by atoms with van der Waals surface area (Å²) in [6, 6.07) is 19.6. The smallest absolute Gasteiger partial charge is 0.293 e. The van der Waals surface area contributed by atoms with E-state index in [1.807, 2.05) is 43.3 Å². The van der Waals surface area contributed by atoms with Gasteiger partial charge in [-0.2, -0.15) is 0 Å². The first-order valence-corrected chi connectivity index (χ1v) is 9.39. The zero-order valence-electron chi connectivity index (χ0n) is 15.7. The van der Waals surface area contributed by atoms with Gasteiger partial charge in [0.1, 0.15) is 0 Å². The molecular formula is C22H23N3O3. The molecule has 0 atom stereocenters. The maximum absolute atomic E-state index is 12.1. The van der Waals surface area contributed by atoms with Gasteiger partial charge in [0.15, 0.2) is 5.92 Å². The van der Waals surface area contributed by atoms with E-state index in [0.29, 0.717) is 18.7 Å². The molecule has 0 saturated carbocycles. The minimum atomic E-state index is -1.05. The van der Waals surface area contributed by atoms with Gasteiger partial charge in [0.05, 0.1) is 0 Å². The van der Waals surface area contributed by atoms with Gasteiger partial charge in [0.25, 0.3) is 0 Å². The monoisotopic (exact) mass is 377 g/mol. The minimum Gasteiger partial charge on any atom is -0.293 e. The summed E-state index contributed by atoms with van der Waals surface area (Å²) in [4.78, 5) is 40.0. The molecule has 2 aromatic rings. The van der Waals surface area contributed by atoms with E-state index in [4.69, 9.17) is 0 Å². The van der Waals surface area contributed by atoms with Gasteiger partial charge in [0, 0.05) is 18.2 Å². The maximum Gasteiger partial charge on any atom is 0.328 e. The number of carbonyl (C=O) groups excluding carboxylic acids is 3. The summed E-state index contributed by atoms with van der Waals surface area (Å²) in [5, 5.41) is 4.27. The van der Waals surface area contributed by atoms with Crippen LogP contribution in [-0.2, 0) is 9.59 Å². The van der Waals surface area contributed by atoms with Crippen LogP contribution in [0.3, 0.4) is 0 Å². The number of amides is 4. The van der Waals surface area contributed by atoms with Gasteiger partial charge in [0.2, 0.25) is 11.8 Å². The number of urea groups is 1. The van der Waals surface area contributed by atoms with Gasteiger partial charge in [-0.15, -0.1) is 0 Å². The second-order valence-corrected chi connectivity index (χ2v) is 6.63. The SMILES string of the molecule is CCC(=NCCC(c1ccccc1)c1ccccc1)C1C(=O)NC(=O)NC1=O. The molecule has 2 aromatic carbocycles. The number of hydrogen-bond acceptors (Lipinski definition) is 4. The molecule has 6 heteroatoms. The third-order valence-electron chi connectivity index (χ3n) is 4.83. The van der Waals surface area contributed by atoms with Gasteiger partial charge < -0.3 is 0 Å².